The lowest BCUT2D eigenvalue weighted by molar-refractivity contribution is -0.145. The van der Waals surface area contributed by atoms with E-state index in [4.69, 9.17) is 17.2 Å². The van der Waals surface area contributed by atoms with Gasteiger partial charge in [-0.15, -0.1) is 0 Å². The Balaban J connectivity index is 2.08. The zero-order chi connectivity index (χ0) is 47.8. The number of carboxylic acid groups (broad SMARTS) is 1. The van der Waals surface area contributed by atoms with Crippen LogP contribution in [-0.4, -0.2) is 134 Å². The number of phenols is 1. The molecule has 9 atom stereocenters. The quantitative estimate of drug-likeness (QED) is 0.0834. The van der Waals surface area contributed by atoms with Crippen LogP contribution in [0.5, 0.6) is 5.75 Å². The van der Waals surface area contributed by atoms with Gasteiger partial charge in [-0.2, -0.15) is 0 Å². The lowest BCUT2D eigenvalue weighted by Crippen LogP contribution is -2.61. The molecule has 24 heteroatoms. The van der Waals surface area contributed by atoms with Gasteiger partial charge in [0.15, 0.2) is 0 Å². The number of hydrogen-bond donors (Lipinski definition) is 11. The first-order valence-electron chi connectivity index (χ1n) is 20.9. The van der Waals surface area contributed by atoms with Crippen LogP contribution in [0.3, 0.4) is 0 Å². The number of benzene rings is 1. The van der Waals surface area contributed by atoms with Gasteiger partial charge in [-0.05, 0) is 55.2 Å². The summed E-state index contributed by atoms with van der Waals surface area (Å²) in [5, 5.41) is 33.3. The van der Waals surface area contributed by atoms with Crippen LogP contribution >= 0.6 is 21.6 Å². The second kappa shape index (κ2) is 25.0. The second-order valence-corrected chi connectivity index (χ2v) is 18.7. The number of nitrogens with two attached hydrogens (primary N) is 3. The fourth-order valence-corrected chi connectivity index (χ4v) is 9.01. The molecule has 2 saturated heterocycles. The average molecular weight is 937 g/mol. The number of amides is 9. The Labute approximate surface area is 378 Å². The Bertz CT molecular complexity index is 1890. The Morgan fingerprint density at radius 1 is 0.844 bits per heavy atom. The monoisotopic (exact) mass is 936 g/mol. The van der Waals surface area contributed by atoms with Gasteiger partial charge in [-0.1, -0.05) is 67.8 Å². The molecule has 64 heavy (non-hydrogen) atoms. The first-order chi connectivity index (χ1) is 30.1. The van der Waals surface area contributed by atoms with Gasteiger partial charge >= 0.3 is 5.97 Å². The van der Waals surface area contributed by atoms with Gasteiger partial charge in [0.1, 0.15) is 53.4 Å². The minimum atomic E-state index is -1.75. The molecule has 2 unspecified atom stereocenters. The molecule has 1 aromatic rings. The molecule has 2 aliphatic heterocycles. The summed E-state index contributed by atoms with van der Waals surface area (Å²) in [6, 6.07) is -4.06. The zero-order valence-electron chi connectivity index (χ0n) is 36.1. The second-order valence-electron chi connectivity index (χ2n) is 16.2. The molecule has 0 spiro atoms. The van der Waals surface area contributed by atoms with Crippen molar-refractivity contribution in [2.24, 2.45) is 29.0 Å². The zero-order valence-corrected chi connectivity index (χ0v) is 37.8. The number of nitrogens with zero attached hydrogens (tertiary/aromatic N) is 1. The van der Waals surface area contributed by atoms with Crippen molar-refractivity contribution in [2.75, 3.05) is 12.3 Å². The van der Waals surface area contributed by atoms with Gasteiger partial charge in [0, 0.05) is 25.1 Å². The standard InChI is InChI=1S/C40H60N10O12S2/c1-5-20(4)31-37(58)44-23(12-13-29(41)52)33(54)45-25(17-30(42)53)34(55)48-27(39(60)50-14-6-7-28(50)36(57)47-26(40(61)62)15-19(2)3)18-63-64-32(43)38(59)46-24(35(56)49-31)16-21-8-10-22(51)11-9-21/h8-11,19-20,23-28,31-32,51H,5-7,12-18,43H2,1-4H3,(H2,41,52)(H2,42,53)(H,44,58)(H,45,54)(H,46,59)(H,47,57)(H,48,55)(H,49,56)(H,61,62)/t20-,23+,24+,25?,26-,27-,28-,31+,32?/m1/s1. The fraction of sp³-hybridized carbons (Fsp3) is 0.600. The Morgan fingerprint density at radius 3 is 2.05 bits per heavy atom. The summed E-state index contributed by atoms with van der Waals surface area (Å²) < 4.78 is 0. The molecule has 0 saturated carbocycles. The first-order valence-corrected chi connectivity index (χ1v) is 23.2. The molecule has 1 aromatic carbocycles. The highest BCUT2D eigenvalue weighted by molar-refractivity contribution is 8.77. The maximum Gasteiger partial charge on any atom is 0.326 e. The Hall–Kier alpha value is -5.62. The lowest BCUT2D eigenvalue weighted by Gasteiger charge is -2.30. The van der Waals surface area contributed by atoms with Crippen LogP contribution < -0.4 is 49.1 Å². The highest BCUT2D eigenvalue weighted by Gasteiger charge is 2.41. The fourth-order valence-electron chi connectivity index (χ4n) is 6.92. The first kappa shape index (κ1) is 52.7. The molecular formula is C40H60N10O12S2. The highest BCUT2D eigenvalue weighted by atomic mass is 33.1. The number of nitrogens with one attached hydrogen (secondary N) is 6. The van der Waals surface area contributed by atoms with Crippen LogP contribution in [0, 0.1) is 11.8 Å². The van der Waals surface area contributed by atoms with Gasteiger partial charge in [0.25, 0.3) is 0 Å². The number of hydrogen-bond acceptors (Lipinski definition) is 14. The summed E-state index contributed by atoms with van der Waals surface area (Å²) in [7, 11) is 1.63. The lowest BCUT2D eigenvalue weighted by atomic mass is 9.96. The summed E-state index contributed by atoms with van der Waals surface area (Å²) in [6.45, 7) is 6.99. The van der Waals surface area contributed by atoms with Crippen LogP contribution in [0.25, 0.3) is 0 Å². The van der Waals surface area contributed by atoms with Gasteiger partial charge in [-0.25, -0.2) is 4.79 Å². The minimum Gasteiger partial charge on any atom is -0.508 e. The van der Waals surface area contributed by atoms with Gasteiger partial charge in [0.2, 0.25) is 53.2 Å². The van der Waals surface area contributed by atoms with Crippen molar-refractivity contribution in [1.29, 1.82) is 0 Å². The normalized spacial score (nSPS) is 25.2. The highest BCUT2D eigenvalue weighted by Crippen LogP contribution is 2.28. The SMILES string of the molecule is CC[C@@H](C)[C@@H]1NC(=O)[C@H](Cc2ccc(O)cc2)NC(=O)C(N)SSC[C@H](C(=O)N2CCC[C@@H]2C(=O)N[C@H](CC(C)C)C(=O)O)NC(=O)C(CC(N)=O)NC(=O)[C@H](CCC(N)=O)NC1=O. The molecule has 3 rings (SSSR count). The summed E-state index contributed by atoms with van der Waals surface area (Å²) in [5.41, 5.74) is 17.6. The number of carbonyl (C=O) groups excluding carboxylic acids is 9. The minimum absolute atomic E-state index is 0.0375. The number of likely N-dealkylation sites (tertiary alicyclic amines) is 1. The van der Waals surface area contributed by atoms with Crippen LogP contribution in [0.2, 0.25) is 0 Å². The summed E-state index contributed by atoms with van der Waals surface area (Å²) in [4.78, 5) is 135. The van der Waals surface area contributed by atoms with Crippen LogP contribution in [0.4, 0.5) is 0 Å². The average Bonchev–Trinajstić information content (AvgIpc) is 3.72. The van der Waals surface area contributed by atoms with E-state index in [-0.39, 0.29) is 49.6 Å². The van der Waals surface area contributed by atoms with Crippen molar-refractivity contribution < 1.29 is 58.2 Å². The third-order valence-corrected chi connectivity index (χ3v) is 13.1. The third-order valence-electron chi connectivity index (χ3n) is 10.6. The van der Waals surface area contributed by atoms with E-state index < -0.39 is 126 Å². The predicted octanol–water partition coefficient (Wildman–Crippen LogP) is -2.17. The molecule has 22 nitrogen and oxygen atoms in total. The number of rotatable bonds is 15. The molecule has 0 aliphatic carbocycles. The smallest absolute Gasteiger partial charge is 0.326 e. The predicted molar refractivity (Wildman–Crippen MR) is 235 cm³/mol. The van der Waals surface area contributed by atoms with Crippen LogP contribution in [-0.2, 0) is 54.4 Å². The molecule has 0 aromatic heterocycles. The summed E-state index contributed by atoms with van der Waals surface area (Å²) >= 11 is 0. The van der Waals surface area contributed by atoms with E-state index in [2.05, 4.69) is 31.9 Å². The molecule has 9 amide bonds. The van der Waals surface area contributed by atoms with E-state index in [0.717, 1.165) is 21.6 Å². The maximum atomic E-state index is 14.3. The van der Waals surface area contributed by atoms with E-state index in [9.17, 15) is 58.2 Å². The van der Waals surface area contributed by atoms with Crippen molar-refractivity contribution in [3.05, 3.63) is 29.8 Å². The van der Waals surface area contributed by atoms with E-state index in [1.165, 1.54) is 29.2 Å². The van der Waals surface area contributed by atoms with Gasteiger partial charge in [0.05, 0.1) is 6.42 Å². The van der Waals surface area contributed by atoms with Crippen LogP contribution in [0.1, 0.15) is 78.2 Å². The van der Waals surface area contributed by atoms with E-state index >= 15 is 0 Å². The van der Waals surface area contributed by atoms with E-state index in [0.29, 0.717) is 18.4 Å². The van der Waals surface area contributed by atoms with E-state index in [1.807, 2.05) is 0 Å². The number of aliphatic carboxylic acids is 1. The van der Waals surface area contributed by atoms with Crippen molar-refractivity contribution in [3.63, 3.8) is 0 Å². The molecule has 0 bridgehead atoms. The molecule has 0 radical (unpaired) electrons. The summed E-state index contributed by atoms with van der Waals surface area (Å²) in [6.07, 6.45) is -0.769. The van der Waals surface area contributed by atoms with Crippen LogP contribution in [0.15, 0.2) is 24.3 Å². The van der Waals surface area contributed by atoms with Gasteiger partial charge in [-0.3, -0.25) is 43.2 Å². The van der Waals surface area contributed by atoms with Crippen molar-refractivity contribution in [3.8, 4) is 5.75 Å². The molecule has 354 valence electrons. The summed E-state index contributed by atoms with van der Waals surface area (Å²) in [5.74, 6) is -10.4. The molecule has 2 heterocycles. The molecule has 2 fully saturated rings. The third kappa shape index (κ3) is 16.2. The van der Waals surface area contributed by atoms with E-state index in [1.54, 1.807) is 27.7 Å². The molecule has 2 aliphatic rings. The number of phenolic OH excluding ortho intramolecular Hbond substituents is 1. The number of aromatic hydroxyl groups is 1. The maximum absolute atomic E-state index is 14.3. The van der Waals surface area contributed by atoms with Crippen molar-refractivity contribution >= 4 is 80.7 Å². The Kier molecular flexibility index (Phi) is 20.6. The number of carboxylic acids is 1. The number of carbonyl (C=O) groups is 10. The molecule has 14 N–H and O–H groups in total. The number of primary amides is 2. The van der Waals surface area contributed by atoms with Gasteiger partial charge < -0.3 is 64.2 Å². The van der Waals surface area contributed by atoms with Crippen molar-refractivity contribution in [2.45, 2.75) is 127 Å². The largest absolute Gasteiger partial charge is 0.508 e. The Morgan fingerprint density at radius 2 is 1.45 bits per heavy atom. The van der Waals surface area contributed by atoms with Crippen molar-refractivity contribution in [1.82, 2.24) is 36.8 Å². The molecular weight excluding hydrogens is 877 g/mol. The topological polar surface area (TPSA) is 365 Å².